The molecule has 0 rings (SSSR count). The van der Waals surface area contributed by atoms with Crippen LogP contribution in [0.3, 0.4) is 0 Å². The van der Waals surface area contributed by atoms with Gasteiger partial charge in [-0.2, -0.15) is 4.99 Å². The summed E-state index contributed by atoms with van der Waals surface area (Å²) >= 11 is 4.86. The molecule has 0 saturated heterocycles. The summed E-state index contributed by atoms with van der Waals surface area (Å²) in [6, 6.07) is 0. The number of hydrogen-bond donors (Lipinski definition) is 0. The van der Waals surface area contributed by atoms with Crippen molar-refractivity contribution in [2.24, 2.45) is 4.99 Å². The van der Waals surface area contributed by atoms with Crippen LogP contribution in [0.1, 0.15) is 0 Å². The van der Waals surface area contributed by atoms with Crippen molar-refractivity contribution in [2.75, 3.05) is 14.1 Å². The predicted molar refractivity (Wildman–Crippen MR) is 33.4 cm³/mol. The molecule has 0 saturated carbocycles. The lowest BCUT2D eigenvalue weighted by Gasteiger charge is -1.98. The zero-order chi connectivity index (χ0) is 6.57. The van der Waals surface area contributed by atoms with Gasteiger partial charge in [-0.05, 0) is 11.6 Å². The molecule has 8 heavy (non-hydrogen) atoms. The highest BCUT2D eigenvalue weighted by Crippen LogP contribution is 1.82. The number of carbonyl (C=O) groups excluding carboxylic acids is 1. The van der Waals surface area contributed by atoms with Crippen LogP contribution < -0.4 is 0 Å². The maximum Gasteiger partial charge on any atom is 0.341 e. The average Bonchev–Trinajstić information content (AvgIpc) is 1.61. The van der Waals surface area contributed by atoms with Crippen LogP contribution in [-0.2, 0) is 0 Å². The largest absolute Gasteiger partial charge is 0.369 e. The SMILES string of the molecule is CN(C)/C=N/C(=O)Cl. The van der Waals surface area contributed by atoms with E-state index in [2.05, 4.69) is 4.99 Å². The third-order valence-electron chi connectivity index (χ3n) is 0.390. The normalized spacial score (nSPS) is 9.88. The lowest BCUT2D eigenvalue weighted by molar-refractivity contribution is 0.266. The molecule has 0 aliphatic rings. The third kappa shape index (κ3) is 5.43. The second kappa shape index (κ2) is 3.43. The molecule has 0 fully saturated rings. The number of aliphatic imine (C=N–C) groups is 1. The van der Waals surface area contributed by atoms with Crippen molar-refractivity contribution in [2.45, 2.75) is 0 Å². The van der Waals surface area contributed by atoms with Gasteiger partial charge in [-0.1, -0.05) is 0 Å². The van der Waals surface area contributed by atoms with Crippen LogP contribution >= 0.6 is 11.6 Å². The van der Waals surface area contributed by atoms with Crippen molar-refractivity contribution in [3.63, 3.8) is 0 Å². The Kier molecular flexibility index (Phi) is 3.19. The van der Waals surface area contributed by atoms with Gasteiger partial charge >= 0.3 is 5.37 Å². The van der Waals surface area contributed by atoms with Crippen molar-refractivity contribution in [1.82, 2.24) is 4.90 Å². The Morgan fingerprint density at radius 1 is 1.75 bits per heavy atom. The van der Waals surface area contributed by atoms with Crippen LogP contribution in [0, 0.1) is 0 Å². The van der Waals surface area contributed by atoms with E-state index in [0.717, 1.165) is 0 Å². The number of nitrogens with zero attached hydrogens (tertiary/aromatic N) is 2. The van der Waals surface area contributed by atoms with Crippen molar-refractivity contribution in [1.29, 1.82) is 0 Å². The minimum atomic E-state index is -0.696. The molecule has 0 bridgehead atoms. The van der Waals surface area contributed by atoms with Gasteiger partial charge in [0.2, 0.25) is 0 Å². The minimum Gasteiger partial charge on any atom is -0.369 e. The van der Waals surface area contributed by atoms with Gasteiger partial charge in [0.25, 0.3) is 0 Å². The summed E-state index contributed by atoms with van der Waals surface area (Å²) < 4.78 is 0. The number of rotatable bonds is 1. The highest BCUT2D eigenvalue weighted by molar-refractivity contribution is 6.63. The molecule has 0 spiro atoms. The van der Waals surface area contributed by atoms with Crippen LogP contribution in [0.2, 0.25) is 0 Å². The number of halogens is 1. The van der Waals surface area contributed by atoms with Gasteiger partial charge in [0.1, 0.15) is 0 Å². The average molecular weight is 135 g/mol. The summed E-state index contributed by atoms with van der Waals surface area (Å²) in [5, 5.41) is -0.696. The van der Waals surface area contributed by atoms with E-state index in [9.17, 15) is 4.79 Å². The van der Waals surface area contributed by atoms with Gasteiger partial charge in [0.15, 0.2) is 0 Å². The molecule has 0 heterocycles. The van der Waals surface area contributed by atoms with Crippen molar-refractivity contribution >= 4 is 23.3 Å². The van der Waals surface area contributed by atoms with Crippen LogP contribution in [0.25, 0.3) is 0 Å². The van der Waals surface area contributed by atoms with Crippen molar-refractivity contribution < 1.29 is 4.79 Å². The molecular weight excluding hydrogens is 128 g/mol. The summed E-state index contributed by atoms with van der Waals surface area (Å²) in [7, 11) is 3.51. The predicted octanol–water partition coefficient (Wildman–Crippen LogP) is 0.935. The standard InChI is InChI=1S/C4H7ClN2O/c1-7(2)3-6-4(5)8/h3H,1-2H3/b6-3+. The minimum absolute atomic E-state index is 0.696. The topological polar surface area (TPSA) is 32.7 Å². The van der Waals surface area contributed by atoms with E-state index < -0.39 is 5.37 Å². The van der Waals surface area contributed by atoms with Crippen LogP contribution in [0.5, 0.6) is 0 Å². The van der Waals surface area contributed by atoms with E-state index in [1.807, 2.05) is 0 Å². The first-order valence-corrected chi connectivity index (χ1v) is 2.41. The lowest BCUT2D eigenvalue weighted by Crippen LogP contribution is -2.07. The summed E-state index contributed by atoms with van der Waals surface area (Å²) in [5.41, 5.74) is 0. The Morgan fingerprint density at radius 3 is 2.38 bits per heavy atom. The van der Waals surface area contributed by atoms with Gasteiger partial charge in [-0.15, -0.1) is 0 Å². The monoisotopic (exact) mass is 134 g/mol. The molecule has 3 nitrogen and oxygen atoms in total. The fourth-order valence-electron chi connectivity index (χ4n) is 0.161. The van der Waals surface area contributed by atoms with Gasteiger partial charge in [-0.3, -0.25) is 4.79 Å². The van der Waals surface area contributed by atoms with E-state index in [1.165, 1.54) is 6.34 Å². The Morgan fingerprint density at radius 2 is 2.25 bits per heavy atom. The van der Waals surface area contributed by atoms with Crippen LogP contribution in [0.4, 0.5) is 4.79 Å². The van der Waals surface area contributed by atoms with Gasteiger partial charge in [-0.25, -0.2) is 0 Å². The van der Waals surface area contributed by atoms with E-state index in [1.54, 1.807) is 19.0 Å². The molecule has 4 heteroatoms. The van der Waals surface area contributed by atoms with E-state index in [4.69, 9.17) is 11.6 Å². The molecule has 0 radical (unpaired) electrons. The number of amides is 1. The van der Waals surface area contributed by atoms with Gasteiger partial charge in [0.05, 0.1) is 6.34 Å². The Bertz CT molecular complexity index is 111. The van der Waals surface area contributed by atoms with Gasteiger partial charge < -0.3 is 4.90 Å². The van der Waals surface area contributed by atoms with Crippen molar-refractivity contribution in [3.05, 3.63) is 0 Å². The van der Waals surface area contributed by atoms with E-state index in [0.29, 0.717) is 0 Å². The Balaban J connectivity index is 3.50. The first-order chi connectivity index (χ1) is 3.63. The highest BCUT2D eigenvalue weighted by atomic mass is 35.5. The summed E-state index contributed by atoms with van der Waals surface area (Å²) in [6.45, 7) is 0. The molecule has 0 unspecified atom stereocenters. The molecule has 0 aromatic rings. The highest BCUT2D eigenvalue weighted by Gasteiger charge is 1.83. The summed E-state index contributed by atoms with van der Waals surface area (Å²) in [5.74, 6) is 0. The third-order valence-corrected chi connectivity index (χ3v) is 0.488. The van der Waals surface area contributed by atoms with Gasteiger partial charge in [0, 0.05) is 14.1 Å². The quantitative estimate of drug-likeness (QED) is 0.231. The van der Waals surface area contributed by atoms with E-state index in [-0.39, 0.29) is 0 Å². The zero-order valence-corrected chi connectivity index (χ0v) is 5.51. The molecule has 0 N–H and O–H groups in total. The Labute approximate surface area is 53.0 Å². The maximum atomic E-state index is 9.89. The summed E-state index contributed by atoms with van der Waals surface area (Å²) in [4.78, 5) is 14.8. The molecule has 0 atom stereocenters. The molecular formula is C4H7ClN2O. The smallest absolute Gasteiger partial charge is 0.341 e. The second-order valence-corrected chi connectivity index (χ2v) is 1.78. The van der Waals surface area contributed by atoms with Crippen LogP contribution in [0.15, 0.2) is 4.99 Å². The molecule has 0 aromatic carbocycles. The molecule has 1 amide bonds. The second-order valence-electron chi connectivity index (χ2n) is 1.46. The van der Waals surface area contributed by atoms with Crippen LogP contribution in [-0.4, -0.2) is 30.7 Å². The fourth-order valence-corrected chi connectivity index (χ4v) is 0.205. The molecule has 0 aromatic heterocycles. The molecule has 0 aliphatic carbocycles. The fraction of sp³-hybridized carbons (Fsp3) is 0.500. The zero-order valence-electron chi connectivity index (χ0n) is 4.76. The first-order valence-electron chi connectivity index (χ1n) is 2.03. The number of hydrogen-bond acceptors (Lipinski definition) is 1. The molecule has 46 valence electrons. The lowest BCUT2D eigenvalue weighted by atomic mass is 10.9. The maximum absolute atomic E-state index is 9.89. The Hall–Kier alpha value is -0.570. The van der Waals surface area contributed by atoms with E-state index >= 15 is 0 Å². The summed E-state index contributed by atoms with van der Waals surface area (Å²) in [6.07, 6.45) is 1.34. The number of carbonyl (C=O) groups is 1. The van der Waals surface area contributed by atoms with Crippen molar-refractivity contribution in [3.8, 4) is 0 Å². The first kappa shape index (κ1) is 7.43. The molecule has 0 aliphatic heterocycles.